The summed E-state index contributed by atoms with van der Waals surface area (Å²) in [5.41, 5.74) is 6.91. The van der Waals surface area contributed by atoms with Crippen molar-refractivity contribution in [3.05, 3.63) is 23.8 Å². The SMILES string of the molecule is Cl.NC(CNC(=O)c1cccc2c1OCC(=O)N2)C1CC1. The molecule has 1 heterocycles. The number of benzene rings is 1. The maximum Gasteiger partial charge on any atom is 0.262 e. The fraction of sp³-hybridized carbons (Fsp3) is 0.429. The first-order valence-electron chi connectivity index (χ1n) is 6.74. The number of nitrogens with one attached hydrogen (secondary N) is 2. The zero-order chi connectivity index (χ0) is 14.1. The summed E-state index contributed by atoms with van der Waals surface area (Å²) < 4.78 is 5.35. The van der Waals surface area contributed by atoms with E-state index in [1.807, 2.05) is 0 Å². The van der Waals surface area contributed by atoms with Crippen LogP contribution in [0.1, 0.15) is 23.2 Å². The monoisotopic (exact) mass is 311 g/mol. The number of amides is 2. The van der Waals surface area contributed by atoms with Gasteiger partial charge < -0.3 is 21.1 Å². The fourth-order valence-electron chi connectivity index (χ4n) is 2.29. The Labute approximate surface area is 128 Å². The average Bonchev–Trinajstić information content (AvgIpc) is 3.28. The molecule has 1 aliphatic carbocycles. The molecule has 1 unspecified atom stereocenters. The predicted octanol–water partition coefficient (Wildman–Crippen LogP) is 0.906. The summed E-state index contributed by atoms with van der Waals surface area (Å²) in [5, 5.41) is 5.50. The Morgan fingerprint density at radius 2 is 2.24 bits per heavy atom. The molecule has 1 saturated carbocycles. The van der Waals surface area contributed by atoms with E-state index in [0.29, 0.717) is 29.5 Å². The second-order valence-corrected chi connectivity index (χ2v) is 5.23. The third kappa shape index (κ3) is 3.46. The number of carbonyl (C=O) groups is 2. The molecule has 1 atom stereocenters. The van der Waals surface area contributed by atoms with Gasteiger partial charge in [0.15, 0.2) is 12.4 Å². The molecule has 0 radical (unpaired) electrons. The van der Waals surface area contributed by atoms with Crippen LogP contribution in [0.25, 0.3) is 0 Å². The van der Waals surface area contributed by atoms with Crippen LogP contribution >= 0.6 is 12.4 Å². The minimum atomic E-state index is -0.228. The van der Waals surface area contributed by atoms with Crippen molar-refractivity contribution in [2.45, 2.75) is 18.9 Å². The standard InChI is InChI=1S/C14H17N3O3.ClH/c15-10(8-4-5-8)6-16-14(19)9-2-1-3-11-13(9)20-7-12(18)17-11;/h1-3,8,10H,4-7,15H2,(H,16,19)(H,17,18);1H. The number of anilines is 1. The maximum atomic E-state index is 12.2. The maximum absolute atomic E-state index is 12.2. The van der Waals surface area contributed by atoms with Crippen molar-refractivity contribution in [2.75, 3.05) is 18.5 Å². The first kappa shape index (κ1) is 15.6. The molecule has 7 heteroatoms. The number of halogens is 1. The Balaban J connectivity index is 0.00000161. The van der Waals surface area contributed by atoms with Crippen LogP contribution in [0.15, 0.2) is 18.2 Å². The van der Waals surface area contributed by atoms with E-state index in [-0.39, 0.29) is 36.9 Å². The second kappa shape index (κ2) is 6.32. The van der Waals surface area contributed by atoms with E-state index in [9.17, 15) is 9.59 Å². The van der Waals surface area contributed by atoms with Gasteiger partial charge in [0, 0.05) is 12.6 Å². The highest BCUT2D eigenvalue weighted by atomic mass is 35.5. The van der Waals surface area contributed by atoms with Crippen molar-refractivity contribution in [1.82, 2.24) is 5.32 Å². The van der Waals surface area contributed by atoms with Crippen LogP contribution in [0.5, 0.6) is 5.75 Å². The van der Waals surface area contributed by atoms with E-state index in [1.54, 1.807) is 18.2 Å². The molecular weight excluding hydrogens is 294 g/mol. The Kier molecular flexibility index (Phi) is 4.69. The molecule has 0 saturated heterocycles. The smallest absolute Gasteiger partial charge is 0.262 e. The fourth-order valence-corrected chi connectivity index (χ4v) is 2.29. The summed E-state index contributed by atoms with van der Waals surface area (Å²) in [6.45, 7) is 0.387. The number of para-hydroxylation sites is 1. The first-order chi connectivity index (χ1) is 9.65. The van der Waals surface area contributed by atoms with E-state index < -0.39 is 0 Å². The number of fused-ring (bicyclic) bond motifs is 1. The van der Waals surface area contributed by atoms with Crippen LogP contribution in [-0.2, 0) is 4.79 Å². The molecular formula is C14H18ClN3O3. The van der Waals surface area contributed by atoms with Gasteiger partial charge in [0.25, 0.3) is 11.8 Å². The zero-order valence-corrected chi connectivity index (χ0v) is 12.2. The van der Waals surface area contributed by atoms with Gasteiger partial charge in [-0.15, -0.1) is 12.4 Å². The van der Waals surface area contributed by atoms with Crippen molar-refractivity contribution >= 4 is 29.9 Å². The Morgan fingerprint density at radius 1 is 1.48 bits per heavy atom. The van der Waals surface area contributed by atoms with E-state index in [4.69, 9.17) is 10.5 Å². The van der Waals surface area contributed by atoms with Crippen LogP contribution in [0.4, 0.5) is 5.69 Å². The third-order valence-electron chi connectivity index (χ3n) is 3.61. The van der Waals surface area contributed by atoms with Gasteiger partial charge in [0.2, 0.25) is 0 Å². The molecule has 2 amide bonds. The molecule has 2 aliphatic rings. The van der Waals surface area contributed by atoms with Gasteiger partial charge in [0.1, 0.15) is 0 Å². The van der Waals surface area contributed by atoms with Gasteiger partial charge in [-0.2, -0.15) is 0 Å². The van der Waals surface area contributed by atoms with E-state index >= 15 is 0 Å². The van der Waals surface area contributed by atoms with Crippen LogP contribution in [0.2, 0.25) is 0 Å². The van der Waals surface area contributed by atoms with Crippen molar-refractivity contribution < 1.29 is 14.3 Å². The number of nitrogens with two attached hydrogens (primary N) is 1. The zero-order valence-electron chi connectivity index (χ0n) is 11.4. The largest absolute Gasteiger partial charge is 0.481 e. The molecule has 21 heavy (non-hydrogen) atoms. The van der Waals surface area contributed by atoms with Crippen LogP contribution in [0, 0.1) is 5.92 Å². The lowest BCUT2D eigenvalue weighted by Crippen LogP contribution is -2.39. The summed E-state index contributed by atoms with van der Waals surface area (Å²) >= 11 is 0. The molecule has 3 rings (SSSR count). The number of hydrogen-bond donors (Lipinski definition) is 3. The van der Waals surface area contributed by atoms with Crippen LogP contribution in [0.3, 0.4) is 0 Å². The Hall–Kier alpha value is -1.79. The van der Waals surface area contributed by atoms with Crippen molar-refractivity contribution in [3.63, 3.8) is 0 Å². The van der Waals surface area contributed by atoms with E-state index in [2.05, 4.69) is 10.6 Å². The summed E-state index contributed by atoms with van der Waals surface area (Å²) in [6, 6.07) is 5.11. The molecule has 1 aromatic carbocycles. The molecule has 0 spiro atoms. The van der Waals surface area contributed by atoms with Gasteiger partial charge in [-0.1, -0.05) is 6.07 Å². The van der Waals surface area contributed by atoms with E-state index in [1.165, 1.54) is 0 Å². The lowest BCUT2D eigenvalue weighted by Gasteiger charge is -2.20. The molecule has 4 N–H and O–H groups in total. The van der Waals surface area contributed by atoms with Gasteiger partial charge in [-0.25, -0.2) is 0 Å². The molecule has 114 valence electrons. The van der Waals surface area contributed by atoms with Gasteiger partial charge in [-0.05, 0) is 30.9 Å². The Bertz CT molecular complexity index is 560. The number of rotatable bonds is 4. The van der Waals surface area contributed by atoms with Crippen molar-refractivity contribution in [1.29, 1.82) is 0 Å². The van der Waals surface area contributed by atoms with Gasteiger partial charge in [0.05, 0.1) is 11.3 Å². The lowest BCUT2D eigenvalue weighted by atomic mass is 10.1. The highest BCUT2D eigenvalue weighted by Gasteiger charge is 2.29. The predicted molar refractivity (Wildman–Crippen MR) is 80.8 cm³/mol. The molecule has 1 aliphatic heterocycles. The highest BCUT2D eigenvalue weighted by molar-refractivity contribution is 6.03. The molecule has 6 nitrogen and oxygen atoms in total. The molecule has 0 bridgehead atoms. The number of ether oxygens (including phenoxy) is 1. The first-order valence-corrected chi connectivity index (χ1v) is 6.74. The molecule has 1 fully saturated rings. The topological polar surface area (TPSA) is 93.4 Å². The Morgan fingerprint density at radius 3 is 2.95 bits per heavy atom. The highest BCUT2D eigenvalue weighted by Crippen LogP contribution is 2.32. The number of hydrogen-bond acceptors (Lipinski definition) is 4. The number of carbonyl (C=O) groups excluding carboxylic acids is 2. The minimum absolute atomic E-state index is 0. The summed E-state index contributed by atoms with van der Waals surface area (Å²) in [7, 11) is 0. The molecule has 1 aromatic rings. The van der Waals surface area contributed by atoms with Gasteiger partial charge >= 0.3 is 0 Å². The van der Waals surface area contributed by atoms with E-state index in [0.717, 1.165) is 12.8 Å². The van der Waals surface area contributed by atoms with Crippen LogP contribution in [-0.4, -0.2) is 31.0 Å². The summed E-state index contributed by atoms with van der Waals surface area (Å²) in [5.74, 6) is 0.514. The normalized spacial score (nSPS) is 17.7. The van der Waals surface area contributed by atoms with Crippen molar-refractivity contribution in [2.24, 2.45) is 11.7 Å². The second-order valence-electron chi connectivity index (χ2n) is 5.23. The van der Waals surface area contributed by atoms with Crippen molar-refractivity contribution in [3.8, 4) is 5.75 Å². The molecule has 0 aromatic heterocycles. The third-order valence-corrected chi connectivity index (χ3v) is 3.61. The van der Waals surface area contributed by atoms with Crippen LogP contribution < -0.4 is 21.1 Å². The quantitative estimate of drug-likeness (QED) is 0.770. The lowest BCUT2D eigenvalue weighted by molar-refractivity contribution is -0.118. The summed E-state index contributed by atoms with van der Waals surface area (Å²) in [4.78, 5) is 23.4. The summed E-state index contributed by atoms with van der Waals surface area (Å²) in [6.07, 6.45) is 2.29. The average molecular weight is 312 g/mol. The minimum Gasteiger partial charge on any atom is -0.481 e. The van der Waals surface area contributed by atoms with Gasteiger partial charge in [-0.3, -0.25) is 9.59 Å².